The molecule has 0 aromatic rings. The third kappa shape index (κ3) is 77.8. The SMILES string of the molecule is O=[As]([O-])([O-])[O-].[Au+].[Au+].[Au+]. The zero-order valence-electron chi connectivity index (χ0n) is 2.98. The van der Waals surface area contributed by atoms with Crippen molar-refractivity contribution >= 4 is 14.5 Å². The molecule has 8 heteroatoms. The first-order valence-corrected chi connectivity index (χ1v) is 3.79. The fourth-order valence-electron chi connectivity index (χ4n) is 0. The van der Waals surface area contributed by atoms with E-state index in [1.54, 1.807) is 0 Å². The molecule has 0 amide bonds. The summed E-state index contributed by atoms with van der Waals surface area (Å²) < 4.78 is 34.4. The molecule has 4 nitrogen and oxygen atoms in total. The minimum absolute atomic E-state index is 0. The van der Waals surface area contributed by atoms with Crippen LogP contribution in [0.1, 0.15) is 0 Å². The van der Waals surface area contributed by atoms with Crippen molar-refractivity contribution in [3.05, 3.63) is 0 Å². The van der Waals surface area contributed by atoms with Crippen molar-refractivity contribution in [2.45, 2.75) is 0 Å². The molecule has 0 aromatic heterocycles. The van der Waals surface area contributed by atoms with Crippen molar-refractivity contribution in [1.82, 2.24) is 0 Å². The Morgan fingerprint density at radius 3 is 0.875 bits per heavy atom. The summed E-state index contributed by atoms with van der Waals surface area (Å²) in [5.41, 5.74) is 0. The second kappa shape index (κ2) is 9.46. The maximum Gasteiger partial charge on any atom is 1.00 e. The molecule has 62 valence electrons. The van der Waals surface area contributed by atoms with Gasteiger partial charge in [-0.3, -0.25) is 0 Å². The molecule has 0 fully saturated rings. The molecule has 0 radical (unpaired) electrons. The van der Waals surface area contributed by atoms with Crippen molar-refractivity contribution in [2.75, 3.05) is 0 Å². The average Bonchev–Trinajstić information content (AvgIpc) is 0.722. The van der Waals surface area contributed by atoms with Gasteiger partial charge in [0.15, 0.2) is 0 Å². The Kier molecular flexibility index (Phi) is 26.5. The van der Waals surface area contributed by atoms with Crippen molar-refractivity contribution in [3.8, 4) is 0 Å². The van der Waals surface area contributed by atoms with E-state index >= 15 is 0 Å². The molecule has 0 aliphatic heterocycles. The molecule has 0 aliphatic carbocycles. The van der Waals surface area contributed by atoms with Gasteiger partial charge in [-0.1, -0.05) is 0 Å². The Labute approximate surface area is 96.3 Å². The van der Waals surface area contributed by atoms with Gasteiger partial charge in [-0.2, -0.15) is 0 Å². The summed E-state index contributed by atoms with van der Waals surface area (Å²) >= 11 is -5.88. The molecule has 8 heavy (non-hydrogen) atoms. The third-order valence-electron chi connectivity index (χ3n) is 0. The molecule has 0 aromatic carbocycles. The molecule has 0 saturated carbocycles. The molecule has 0 bridgehead atoms. The van der Waals surface area contributed by atoms with Gasteiger partial charge in [0.05, 0.1) is 0 Å². The van der Waals surface area contributed by atoms with Crippen molar-refractivity contribution < 1.29 is 83.2 Å². The van der Waals surface area contributed by atoms with Crippen LogP contribution in [0.15, 0.2) is 0 Å². The fraction of sp³-hybridized carbons (Fsp3) is 0. The summed E-state index contributed by atoms with van der Waals surface area (Å²) in [5, 5.41) is 0. The van der Waals surface area contributed by atoms with Gasteiger partial charge in [0, 0.05) is 0 Å². The Morgan fingerprint density at radius 1 is 0.875 bits per heavy atom. The monoisotopic (exact) mass is 730 g/mol. The molecule has 0 atom stereocenters. The van der Waals surface area contributed by atoms with E-state index in [2.05, 4.69) is 0 Å². The normalized spacial score (nSPS) is 7.38. The van der Waals surface area contributed by atoms with E-state index in [4.69, 9.17) is 16.0 Å². The summed E-state index contributed by atoms with van der Waals surface area (Å²) in [6, 6.07) is 0. The van der Waals surface area contributed by atoms with Crippen LogP contribution in [0.2, 0.25) is 0 Å². The van der Waals surface area contributed by atoms with Gasteiger partial charge >= 0.3 is 97.7 Å². The quantitative estimate of drug-likeness (QED) is 0.238. The Morgan fingerprint density at radius 2 is 0.875 bits per heavy atom. The Balaban J connectivity index is -0.0000000267. The van der Waals surface area contributed by atoms with Gasteiger partial charge in [-0.25, -0.2) is 0 Å². The van der Waals surface area contributed by atoms with E-state index in [-0.39, 0.29) is 67.1 Å². The maximum atomic E-state index is 8.61. The molecular formula is AsAu3O4. The van der Waals surface area contributed by atoms with Gasteiger partial charge in [0.1, 0.15) is 0 Å². The van der Waals surface area contributed by atoms with Gasteiger partial charge < -0.3 is 0 Å². The van der Waals surface area contributed by atoms with Crippen LogP contribution in [-0.4, -0.2) is 14.5 Å². The summed E-state index contributed by atoms with van der Waals surface area (Å²) in [6.07, 6.45) is 0. The Bertz CT molecular complexity index is 57.4. The van der Waals surface area contributed by atoms with Crippen molar-refractivity contribution in [2.24, 2.45) is 0 Å². The van der Waals surface area contributed by atoms with Gasteiger partial charge in [-0.05, 0) is 0 Å². The Hall–Kier alpha value is 2.46. The minimum Gasteiger partial charge on any atom is 1.00 e. The van der Waals surface area contributed by atoms with Crippen LogP contribution in [0.3, 0.4) is 0 Å². The predicted octanol–water partition coefficient (Wildman–Crippen LogP) is -4.07. The van der Waals surface area contributed by atoms with Crippen LogP contribution in [0.4, 0.5) is 0 Å². The standard InChI is InChI=1S/AsH3O4.3Au/c2-1(3,4)5;;;/h(H3,2,3,4,5);;;/q;3*+1/p-3. The van der Waals surface area contributed by atoms with Crippen LogP contribution in [-0.2, 0) is 70.9 Å². The summed E-state index contributed by atoms with van der Waals surface area (Å²) in [4.78, 5) is 0. The van der Waals surface area contributed by atoms with E-state index in [1.165, 1.54) is 0 Å². The minimum atomic E-state index is -5.88. The summed E-state index contributed by atoms with van der Waals surface area (Å²) in [6.45, 7) is 0. The van der Waals surface area contributed by atoms with E-state index in [0.29, 0.717) is 0 Å². The molecule has 0 unspecified atom stereocenters. The molecule has 0 saturated heterocycles. The van der Waals surface area contributed by atoms with E-state index < -0.39 is 14.5 Å². The number of rotatable bonds is 0. The van der Waals surface area contributed by atoms with Crippen LogP contribution >= 0.6 is 0 Å². The predicted molar refractivity (Wildman–Crippen MR) is 6.44 cm³/mol. The first kappa shape index (κ1) is 22.4. The average molecular weight is 730 g/mol. The first-order valence-electron chi connectivity index (χ1n) is 0.730. The second-order valence-electron chi connectivity index (χ2n) is 0.447. The van der Waals surface area contributed by atoms with E-state index in [1.807, 2.05) is 0 Å². The molecule has 0 heterocycles. The fourth-order valence-corrected chi connectivity index (χ4v) is 0. The van der Waals surface area contributed by atoms with Crippen molar-refractivity contribution in [3.63, 3.8) is 0 Å². The van der Waals surface area contributed by atoms with Gasteiger partial charge in [-0.15, -0.1) is 0 Å². The van der Waals surface area contributed by atoms with E-state index in [9.17, 15) is 0 Å². The number of hydrogen-bond donors (Lipinski definition) is 0. The molecule has 0 N–H and O–H groups in total. The molecule has 0 rings (SSSR count). The van der Waals surface area contributed by atoms with Crippen LogP contribution in [0.25, 0.3) is 0 Å². The van der Waals surface area contributed by atoms with Crippen LogP contribution < -0.4 is 12.3 Å². The largest absolute Gasteiger partial charge is 1.00 e. The zero-order valence-corrected chi connectivity index (χ0v) is 11.4. The van der Waals surface area contributed by atoms with Crippen LogP contribution in [0.5, 0.6) is 0 Å². The van der Waals surface area contributed by atoms with Crippen LogP contribution in [0, 0.1) is 0 Å². The first-order chi connectivity index (χ1) is 2.00. The molecular weight excluding hydrogens is 730 g/mol. The van der Waals surface area contributed by atoms with Gasteiger partial charge in [0.25, 0.3) is 0 Å². The smallest absolute Gasteiger partial charge is 1.00 e. The zero-order chi connectivity index (χ0) is 4.50. The second-order valence-corrected chi connectivity index (χ2v) is 2.32. The summed E-state index contributed by atoms with van der Waals surface area (Å²) in [7, 11) is 0. The van der Waals surface area contributed by atoms with Crippen molar-refractivity contribution in [1.29, 1.82) is 0 Å². The van der Waals surface area contributed by atoms with E-state index in [0.717, 1.165) is 0 Å². The molecule has 0 aliphatic rings. The number of hydrogen-bond acceptors (Lipinski definition) is 4. The third-order valence-corrected chi connectivity index (χ3v) is 0. The maximum absolute atomic E-state index is 8.61. The van der Waals surface area contributed by atoms with Gasteiger partial charge in [0.2, 0.25) is 0 Å². The topological polar surface area (TPSA) is 86.2 Å². The summed E-state index contributed by atoms with van der Waals surface area (Å²) in [5.74, 6) is 0. The molecule has 0 spiro atoms.